The van der Waals surface area contributed by atoms with Gasteiger partial charge in [0.1, 0.15) is 23.6 Å². The van der Waals surface area contributed by atoms with E-state index < -0.39 is 5.91 Å². The quantitative estimate of drug-likeness (QED) is 0.819. The topological polar surface area (TPSA) is 70.1 Å². The van der Waals surface area contributed by atoms with Gasteiger partial charge in [0.2, 0.25) is 5.91 Å². The van der Waals surface area contributed by atoms with E-state index in [0.29, 0.717) is 24.7 Å². The van der Waals surface area contributed by atoms with E-state index in [4.69, 9.17) is 22.1 Å². The average molecular weight is 282 g/mol. The Balaban J connectivity index is 2.58. The van der Waals surface area contributed by atoms with Crippen LogP contribution in [0.25, 0.3) is 11.0 Å². The Kier molecular flexibility index (Phi) is 4.27. The molecule has 0 spiro atoms. The fourth-order valence-electron chi connectivity index (χ4n) is 2.05. The first-order chi connectivity index (χ1) is 9.17. The van der Waals surface area contributed by atoms with Gasteiger partial charge in [0, 0.05) is 12.3 Å². The molecule has 102 valence electrons. The molecule has 2 aromatic rings. The van der Waals surface area contributed by atoms with Crippen molar-refractivity contribution in [2.45, 2.75) is 19.9 Å². The van der Waals surface area contributed by atoms with E-state index in [-0.39, 0.29) is 6.54 Å². The maximum absolute atomic E-state index is 11.2. The van der Waals surface area contributed by atoms with E-state index in [1.54, 1.807) is 4.57 Å². The normalized spacial score (nSPS) is 10.8. The number of para-hydroxylation sites is 1. The second-order valence-corrected chi connectivity index (χ2v) is 4.45. The number of benzene rings is 1. The zero-order chi connectivity index (χ0) is 13.8. The fraction of sp³-hybridized carbons (Fsp3) is 0.385. The highest BCUT2D eigenvalue weighted by molar-refractivity contribution is 6.17. The zero-order valence-electron chi connectivity index (χ0n) is 10.7. The van der Waals surface area contributed by atoms with Crippen LogP contribution in [0.15, 0.2) is 18.2 Å². The van der Waals surface area contributed by atoms with E-state index in [9.17, 15) is 4.79 Å². The van der Waals surface area contributed by atoms with Crippen LogP contribution in [0.5, 0.6) is 5.75 Å². The van der Waals surface area contributed by atoms with Crippen LogP contribution in [0.4, 0.5) is 0 Å². The molecule has 1 heterocycles. The molecule has 0 fully saturated rings. The summed E-state index contributed by atoms with van der Waals surface area (Å²) < 4.78 is 7.34. The third kappa shape index (κ3) is 2.81. The van der Waals surface area contributed by atoms with Crippen molar-refractivity contribution in [3.05, 3.63) is 24.0 Å². The van der Waals surface area contributed by atoms with Crippen molar-refractivity contribution in [3.8, 4) is 5.75 Å². The molecule has 0 atom stereocenters. The molecule has 0 radical (unpaired) electrons. The molecule has 2 N–H and O–H groups in total. The van der Waals surface area contributed by atoms with Crippen molar-refractivity contribution in [3.63, 3.8) is 0 Å². The number of fused-ring (bicyclic) bond motifs is 1. The third-order valence-electron chi connectivity index (χ3n) is 2.75. The molecule has 0 aliphatic heterocycles. The van der Waals surface area contributed by atoms with Crippen LogP contribution < -0.4 is 10.5 Å². The van der Waals surface area contributed by atoms with E-state index in [1.807, 2.05) is 25.1 Å². The molecular formula is C13H16ClN3O2. The number of nitrogens with zero attached hydrogens (tertiary/aromatic N) is 2. The number of ether oxygens (including phenoxy) is 1. The Labute approximate surface area is 116 Å². The molecule has 0 bridgehead atoms. The summed E-state index contributed by atoms with van der Waals surface area (Å²) in [5.74, 6) is 1.48. The summed E-state index contributed by atoms with van der Waals surface area (Å²) in [5.41, 5.74) is 6.86. The molecule has 0 aliphatic carbocycles. The van der Waals surface area contributed by atoms with Crippen LogP contribution >= 0.6 is 11.6 Å². The van der Waals surface area contributed by atoms with Gasteiger partial charge in [-0.15, -0.1) is 11.6 Å². The van der Waals surface area contributed by atoms with E-state index >= 15 is 0 Å². The molecule has 0 saturated heterocycles. The number of carbonyl (C=O) groups is 1. The summed E-state index contributed by atoms with van der Waals surface area (Å²) in [7, 11) is 0. The number of nitrogens with two attached hydrogens (primary N) is 1. The number of hydrogen-bond donors (Lipinski definition) is 1. The zero-order valence-corrected chi connectivity index (χ0v) is 11.5. The minimum absolute atomic E-state index is 0.0955. The number of amides is 1. The van der Waals surface area contributed by atoms with Crippen LogP contribution in [0.3, 0.4) is 0 Å². The first-order valence-electron chi connectivity index (χ1n) is 6.12. The van der Waals surface area contributed by atoms with Gasteiger partial charge in [0.05, 0.1) is 12.1 Å². The van der Waals surface area contributed by atoms with E-state index in [2.05, 4.69) is 4.98 Å². The van der Waals surface area contributed by atoms with Crippen molar-refractivity contribution in [1.82, 2.24) is 9.55 Å². The summed E-state index contributed by atoms with van der Waals surface area (Å²) in [6, 6.07) is 5.63. The summed E-state index contributed by atoms with van der Waals surface area (Å²) >= 11 is 5.77. The lowest BCUT2D eigenvalue weighted by atomic mass is 10.3. The largest absolute Gasteiger partial charge is 0.492 e. The lowest BCUT2D eigenvalue weighted by molar-refractivity contribution is -0.118. The molecule has 1 aromatic heterocycles. The number of alkyl halides is 1. The van der Waals surface area contributed by atoms with Crippen molar-refractivity contribution >= 4 is 28.5 Å². The summed E-state index contributed by atoms with van der Waals surface area (Å²) in [6.45, 7) is 2.57. The van der Waals surface area contributed by atoms with Crippen LogP contribution in [0, 0.1) is 0 Å². The SMILES string of the molecule is CCOc1cccc2c1nc(CCCl)n2CC(N)=O. The molecule has 1 amide bonds. The number of imidazole rings is 1. The van der Waals surface area contributed by atoms with Crippen LogP contribution in [0.1, 0.15) is 12.7 Å². The Morgan fingerprint density at radius 3 is 2.95 bits per heavy atom. The maximum Gasteiger partial charge on any atom is 0.237 e. The standard InChI is InChI=1S/C13H16ClN3O2/c1-2-19-10-5-3-4-9-13(10)16-12(6-7-14)17(9)8-11(15)18/h3-5H,2,6-8H2,1H3,(H2,15,18). The van der Waals surface area contributed by atoms with Gasteiger partial charge >= 0.3 is 0 Å². The van der Waals surface area contributed by atoms with Gasteiger partial charge in [-0.1, -0.05) is 6.07 Å². The first kappa shape index (κ1) is 13.7. The molecule has 19 heavy (non-hydrogen) atoms. The van der Waals surface area contributed by atoms with Crippen molar-refractivity contribution in [2.75, 3.05) is 12.5 Å². The highest BCUT2D eigenvalue weighted by Gasteiger charge is 2.15. The maximum atomic E-state index is 11.2. The van der Waals surface area contributed by atoms with Gasteiger partial charge in [-0.05, 0) is 19.1 Å². The minimum Gasteiger partial charge on any atom is -0.492 e. The van der Waals surface area contributed by atoms with E-state index in [1.165, 1.54) is 0 Å². The van der Waals surface area contributed by atoms with E-state index in [0.717, 1.165) is 16.9 Å². The smallest absolute Gasteiger partial charge is 0.237 e. The number of carbonyl (C=O) groups excluding carboxylic acids is 1. The number of primary amides is 1. The van der Waals surface area contributed by atoms with Crippen molar-refractivity contribution in [2.24, 2.45) is 5.73 Å². The number of halogens is 1. The van der Waals surface area contributed by atoms with Gasteiger partial charge in [0.15, 0.2) is 0 Å². The van der Waals surface area contributed by atoms with Crippen molar-refractivity contribution in [1.29, 1.82) is 0 Å². The summed E-state index contributed by atoms with van der Waals surface area (Å²) in [4.78, 5) is 15.7. The molecular weight excluding hydrogens is 266 g/mol. The first-order valence-corrected chi connectivity index (χ1v) is 6.66. The summed E-state index contributed by atoms with van der Waals surface area (Å²) in [6.07, 6.45) is 0.578. The van der Waals surface area contributed by atoms with Crippen LogP contribution in [-0.4, -0.2) is 27.9 Å². The van der Waals surface area contributed by atoms with Crippen LogP contribution in [-0.2, 0) is 17.8 Å². The average Bonchev–Trinajstić information content (AvgIpc) is 2.69. The van der Waals surface area contributed by atoms with Crippen molar-refractivity contribution < 1.29 is 9.53 Å². The predicted molar refractivity (Wildman–Crippen MR) is 74.5 cm³/mol. The molecule has 2 rings (SSSR count). The Bertz CT molecular complexity index is 595. The number of aromatic nitrogens is 2. The van der Waals surface area contributed by atoms with Gasteiger partial charge in [-0.3, -0.25) is 4.79 Å². The lowest BCUT2D eigenvalue weighted by Crippen LogP contribution is -2.20. The second-order valence-electron chi connectivity index (χ2n) is 4.08. The third-order valence-corrected chi connectivity index (χ3v) is 2.94. The van der Waals surface area contributed by atoms with Gasteiger partial charge < -0.3 is 15.0 Å². The Morgan fingerprint density at radius 1 is 1.53 bits per heavy atom. The monoisotopic (exact) mass is 281 g/mol. The number of aryl methyl sites for hydroxylation is 1. The Morgan fingerprint density at radius 2 is 2.32 bits per heavy atom. The highest BCUT2D eigenvalue weighted by Crippen LogP contribution is 2.26. The predicted octanol–water partition coefficient (Wildman–Crippen LogP) is 1.70. The van der Waals surface area contributed by atoms with Gasteiger partial charge in [0.25, 0.3) is 0 Å². The molecule has 1 aromatic carbocycles. The Hall–Kier alpha value is -1.75. The van der Waals surface area contributed by atoms with Crippen LogP contribution in [0.2, 0.25) is 0 Å². The second kappa shape index (κ2) is 5.93. The fourth-order valence-corrected chi connectivity index (χ4v) is 2.22. The molecule has 0 aliphatic rings. The molecule has 6 heteroatoms. The molecule has 0 saturated carbocycles. The molecule has 5 nitrogen and oxygen atoms in total. The number of rotatable bonds is 6. The number of hydrogen-bond acceptors (Lipinski definition) is 3. The van der Waals surface area contributed by atoms with Gasteiger partial charge in [-0.25, -0.2) is 4.98 Å². The van der Waals surface area contributed by atoms with Gasteiger partial charge in [-0.2, -0.15) is 0 Å². The minimum atomic E-state index is -0.406. The lowest BCUT2D eigenvalue weighted by Gasteiger charge is -2.06. The molecule has 0 unspecified atom stereocenters. The summed E-state index contributed by atoms with van der Waals surface area (Å²) in [5, 5.41) is 0. The highest BCUT2D eigenvalue weighted by atomic mass is 35.5.